The predicted octanol–water partition coefficient (Wildman–Crippen LogP) is 2.73. The molecule has 0 saturated carbocycles. The molecular weight excluding hydrogens is 355 g/mol. The maximum atomic E-state index is 14.1. The highest BCUT2D eigenvalue weighted by atomic mass is 32.2. The maximum Gasteiger partial charge on any atom is 0.240 e. The fourth-order valence-electron chi connectivity index (χ4n) is 3.07. The van der Waals surface area contributed by atoms with Crippen LogP contribution in [0.15, 0.2) is 53.6 Å². The normalized spacial score (nSPS) is 12.1. The zero-order valence-electron chi connectivity index (χ0n) is 13.8. The minimum Gasteiger partial charge on any atom is -0.341 e. The summed E-state index contributed by atoms with van der Waals surface area (Å²) >= 11 is 0. The lowest BCUT2D eigenvalue weighted by atomic mass is 10.1. The van der Waals surface area contributed by atoms with Crippen molar-refractivity contribution in [3.05, 3.63) is 65.6 Å². The van der Waals surface area contributed by atoms with E-state index in [9.17, 15) is 12.8 Å². The van der Waals surface area contributed by atoms with Gasteiger partial charge in [-0.25, -0.2) is 17.9 Å². The molecule has 4 aromatic rings. The van der Waals surface area contributed by atoms with Crippen LogP contribution in [0.5, 0.6) is 0 Å². The average Bonchev–Trinajstić information content (AvgIpc) is 2.96. The predicted molar refractivity (Wildman–Crippen MR) is 96.6 cm³/mol. The number of aryl methyl sites for hydroxylation is 1. The summed E-state index contributed by atoms with van der Waals surface area (Å²) in [5, 5.41) is 14.4. The van der Waals surface area contributed by atoms with Gasteiger partial charge in [-0.1, -0.05) is 18.2 Å². The van der Waals surface area contributed by atoms with E-state index in [1.807, 2.05) is 42.0 Å². The van der Waals surface area contributed by atoms with Gasteiger partial charge in [0.05, 0.1) is 11.0 Å². The average molecular weight is 370 g/mol. The smallest absolute Gasteiger partial charge is 0.240 e. The first-order valence-corrected chi connectivity index (χ1v) is 9.41. The first-order chi connectivity index (χ1) is 12.3. The summed E-state index contributed by atoms with van der Waals surface area (Å²) in [4.78, 5) is -0.509. The molecule has 0 aliphatic heterocycles. The number of nitrogens with zero attached hydrogens (tertiary/aromatic N) is 3. The number of hydrogen-bond donors (Lipinski definition) is 1. The molecule has 0 fully saturated rings. The van der Waals surface area contributed by atoms with Gasteiger partial charge >= 0.3 is 0 Å². The SMILES string of the molecule is Cc1ccc2c(c1)nnc1ccn(Cc3ccc(S(N)(=O)=O)c(F)c3)c12. The number of rotatable bonds is 3. The second-order valence-corrected chi connectivity index (χ2v) is 7.74. The van der Waals surface area contributed by atoms with E-state index in [0.717, 1.165) is 27.5 Å². The number of hydrogen-bond acceptors (Lipinski definition) is 4. The molecule has 0 radical (unpaired) electrons. The lowest BCUT2D eigenvalue weighted by molar-refractivity contribution is 0.566. The number of primary sulfonamides is 1. The highest BCUT2D eigenvalue weighted by Crippen LogP contribution is 2.25. The fraction of sp³-hybridized carbons (Fsp3) is 0.111. The Morgan fingerprint density at radius 3 is 2.58 bits per heavy atom. The monoisotopic (exact) mass is 370 g/mol. The third-order valence-corrected chi connectivity index (χ3v) is 5.22. The molecule has 0 saturated heterocycles. The van der Waals surface area contributed by atoms with E-state index in [1.54, 1.807) is 6.07 Å². The van der Waals surface area contributed by atoms with Crippen LogP contribution in [-0.2, 0) is 16.6 Å². The Morgan fingerprint density at radius 1 is 1.08 bits per heavy atom. The molecule has 2 aromatic carbocycles. The van der Waals surface area contributed by atoms with Crippen molar-refractivity contribution in [3.8, 4) is 0 Å². The summed E-state index contributed by atoms with van der Waals surface area (Å²) in [5.74, 6) is -0.860. The molecular formula is C18H15FN4O2S. The Bertz CT molecular complexity index is 1270. The van der Waals surface area contributed by atoms with Crippen LogP contribution in [0, 0.1) is 12.7 Å². The van der Waals surface area contributed by atoms with Crippen LogP contribution >= 0.6 is 0 Å². The van der Waals surface area contributed by atoms with Crippen LogP contribution in [0.25, 0.3) is 21.9 Å². The number of sulfonamides is 1. The van der Waals surface area contributed by atoms with Gasteiger partial charge in [-0.05, 0) is 42.3 Å². The molecule has 0 unspecified atom stereocenters. The highest BCUT2D eigenvalue weighted by molar-refractivity contribution is 7.89. The van der Waals surface area contributed by atoms with E-state index in [4.69, 9.17) is 5.14 Å². The molecule has 4 rings (SSSR count). The summed E-state index contributed by atoms with van der Waals surface area (Å²) in [7, 11) is -4.08. The van der Waals surface area contributed by atoms with Crippen LogP contribution in [0.4, 0.5) is 4.39 Å². The minimum absolute atomic E-state index is 0.361. The summed E-state index contributed by atoms with van der Waals surface area (Å²) in [6.45, 7) is 2.35. The van der Waals surface area contributed by atoms with Crippen LogP contribution in [0.3, 0.4) is 0 Å². The molecule has 0 amide bonds. The Hall–Kier alpha value is -2.84. The van der Waals surface area contributed by atoms with Crippen molar-refractivity contribution in [2.24, 2.45) is 5.14 Å². The summed E-state index contributed by atoms with van der Waals surface area (Å²) in [5.41, 5.74) is 4.12. The van der Waals surface area contributed by atoms with Gasteiger partial charge in [-0.15, -0.1) is 10.2 Å². The van der Waals surface area contributed by atoms with Crippen molar-refractivity contribution in [1.82, 2.24) is 14.8 Å². The van der Waals surface area contributed by atoms with Crippen LogP contribution in [-0.4, -0.2) is 23.2 Å². The maximum absolute atomic E-state index is 14.1. The van der Waals surface area contributed by atoms with Gasteiger partial charge in [0, 0.05) is 18.1 Å². The molecule has 0 aliphatic rings. The van der Waals surface area contributed by atoms with Crippen molar-refractivity contribution >= 4 is 32.0 Å². The van der Waals surface area contributed by atoms with E-state index in [1.165, 1.54) is 12.1 Å². The molecule has 2 aromatic heterocycles. The lowest BCUT2D eigenvalue weighted by Crippen LogP contribution is -2.14. The molecule has 26 heavy (non-hydrogen) atoms. The Balaban J connectivity index is 1.82. The number of halogens is 1. The van der Waals surface area contributed by atoms with E-state index in [-0.39, 0.29) is 0 Å². The third-order valence-electron chi connectivity index (χ3n) is 4.27. The lowest BCUT2D eigenvalue weighted by Gasteiger charge is -2.09. The molecule has 2 heterocycles. The zero-order chi connectivity index (χ0) is 18.5. The van der Waals surface area contributed by atoms with Gasteiger partial charge in [0.15, 0.2) is 0 Å². The fourth-order valence-corrected chi connectivity index (χ4v) is 3.66. The number of benzene rings is 2. The van der Waals surface area contributed by atoms with Crippen LogP contribution < -0.4 is 5.14 Å². The van der Waals surface area contributed by atoms with E-state index in [2.05, 4.69) is 10.2 Å². The summed E-state index contributed by atoms with van der Waals surface area (Å²) in [6, 6.07) is 11.7. The first-order valence-electron chi connectivity index (χ1n) is 7.86. The molecule has 2 N–H and O–H groups in total. The number of nitrogens with two attached hydrogens (primary N) is 1. The molecule has 8 heteroatoms. The molecule has 0 atom stereocenters. The first kappa shape index (κ1) is 16.6. The van der Waals surface area contributed by atoms with E-state index in [0.29, 0.717) is 12.1 Å². The zero-order valence-corrected chi connectivity index (χ0v) is 14.7. The van der Waals surface area contributed by atoms with Crippen LogP contribution in [0.1, 0.15) is 11.1 Å². The minimum atomic E-state index is -4.08. The molecule has 6 nitrogen and oxygen atoms in total. The molecule has 0 aliphatic carbocycles. The Morgan fingerprint density at radius 2 is 1.85 bits per heavy atom. The van der Waals surface area contributed by atoms with Gasteiger partial charge in [-0.3, -0.25) is 0 Å². The Labute approximate surface area is 149 Å². The van der Waals surface area contributed by atoms with Crippen LogP contribution in [0.2, 0.25) is 0 Å². The molecule has 0 bridgehead atoms. The van der Waals surface area contributed by atoms with Crippen molar-refractivity contribution < 1.29 is 12.8 Å². The van der Waals surface area contributed by atoms with Gasteiger partial charge < -0.3 is 4.57 Å². The Kier molecular flexibility index (Phi) is 3.74. The van der Waals surface area contributed by atoms with Gasteiger partial charge in [0.2, 0.25) is 10.0 Å². The van der Waals surface area contributed by atoms with E-state index < -0.39 is 20.7 Å². The number of aromatic nitrogens is 3. The topological polar surface area (TPSA) is 90.9 Å². The largest absolute Gasteiger partial charge is 0.341 e. The highest BCUT2D eigenvalue weighted by Gasteiger charge is 2.15. The van der Waals surface area contributed by atoms with E-state index >= 15 is 0 Å². The van der Waals surface area contributed by atoms with Crippen molar-refractivity contribution in [3.63, 3.8) is 0 Å². The molecule has 132 valence electrons. The van der Waals surface area contributed by atoms with Gasteiger partial charge in [0.25, 0.3) is 0 Å². The molecule has 0 spiro atoms. The second-order valence-electron chi connectivity index (χ2n) is 6.21. The number of fused-ring (bicyclic) bond motifs is 3. The quantitative estimate of drug-likeness (QED) is 0.600. The standard InChI is InChI=1S/C18H15FN4O2S/c1-11-2-4-13-16(8-11)22-21-15-6-7-23(18(13)15)10-12-3-5-17(14(19)9-12)26(20,24)25/h2-9H,10H2,1H3,(H2,20,24,25). The van der Waals surface area contributed by atoms with Crippen molar-refractivity contribution in [2.45, 2.75) is 18.4 Å². The van der Waals surface area contributed by atoms with Gasteiger partial charge in [-0.2, -0.15) is 0 Å². The third kappa shape index (κ3) is 2.83. The van der Waals surface area contributed by atoms with Crippen molar-refractivity contribution in [1.29, 1.82) is 0 Å². The second kappa shape index (κ2) is 5.86. The summed E-state index contributed by atoms with van der Waals surface area (Å²) in [6.07, 6.45) is 1.85. The summed E-state index contributed by atoms with van der Waals surface area (Å²) < 4.78 is 38.7. The van der Waals surface area contributed by atoms with Crippen molar-refractivity contribution in [2.75, 3.05) is 0 Å². The van der Waals surface area contributed by atoms with Gasteiger partial charge in [0.1, 0.15) is 16.2 Å².